The van der Waals surface area contributed by atoms with Crippen LogP contribution in [-0.2, 0) is 16.0 Å². The molecule has 1 aromatic rings. The van der Waals surface area contributed by atoms with Gasteiger partial charge < -0.3 is 15.4 Å². The van der Waals surface area contributed by atoms with Crippen molar-refractivity contribution in [3.8, 4) is 5.75 Å². The Morgan fingerprint density at radius 1 is 1.27 bits per heavy atom. The van der Waals surface area contributed by atoms with Crippen LogP contribution in [0.15, 0.2) is 24.3 Å². The van der Waals surface area contributed by atoms with Crippen LogP contribution in [0, 0.1) is 5.92 Å². The lowest BCUT2D eigenvalue weighted by Gasteiger charge is -2.37. The highest BCUT2D eigenvalue weighted by molar-refractivity contribution is 5.80. The van der Waals surface area contributed by atoms with E-state index in [1.165, 1.54) is 0 Å². The summed E-state index contributed by atoms with van der Waals surface area (Å²) in [5, 5.41) is 0. The standard InChI is InChI=1S/C17H24N2O3/c1-12-3-7-14(17(18)21)11-19(12)16(20)10-6-13-4-8-15(22-2)9-5-13/h4-5,8-9,12,14H,3,6-7,10-11H2,1-2H3,(H2,18,21)/t12-,14+/m1/s1. The lowest BCUT2D eigenvalue weighted by molar-refractivity contribution is -0.137. The highest BCUT2D eigenvalue weighted by atomic mass is 16.5. The van der Waals surface area contributed by atoms with Crippen LogP contribution in [0.5, 0.6) is 5.75 Å². The Hall–Kier alpha value is -2.04. The Labute approximate surface area is 131 Å². The average molecular weight is 304 g/mol. The lowest BCUT2D eigenvalue weighted by Crippen LogP contribution is -2.48. The summed E-state index contributed by atoms with van der Waals surface area (Å²) in [5.74, 6) is 0.388. The van der Waals surface area contributed by atoms with Crippen LogP contribution < -0.4 is 10.5 Å². The Morgan fingerprint density at radius 2 is 1.95 bits per heavy atom. The van der Waals surface area contributed by atoms with Crippen molar-refractivity contribution in [3.05, 3.63) is 29.8 Å². The Morgan fingerprint density at radius 3 is 2.55 bits per heavy atom. The minimum absolute atomic E-state index is 0.0919. The van der Waals surface area contributed by atoms with Crippen molar-refractivity contribution in [2.75, 3.05) is 13.7 Å². The third-order valence-electron chi connectivity index (χ3n) is 4.39. The summed E-state index contributed by atoms with van der Waals surface area (Å²) in [6, 6.07) is 7.91. The molecule has 0 spiro atoms. The molecule has 0 aromatic heterocycles. The number of hydrogen-bond donors (Lipinski definition) is 1. The van der Waals surface area contributed by atoms with Crippen LogP contribution in [-0.4, -0.2) is 36.4 Å². The first kappa shape index (κ1) is 16.3. The van der Waals surface area contributed by atoms with Gasteiger partial charge in [0.1, 0.15) is 5.75 Å². The van der Waals surface area contributed by atoms with Gasteiger partial charge in [0.25, 0.3) is 0 Å². The number of nitrogens with zero attached hydrogens (tertiary/aromatic N) is 1. The highest BCUT2D eigenvalue weighted by Crippen LogP contribution is 2.23. The largest absolute Gasteiger partial charge is 0.497 e. The molecule has 0 unspecified atom stereocenters. The van der Waals surface area contributed by atoms with Crippen LogP contribution in [0.4, 0.5) is 0 Å². The van der Waals surface area contributed by atoms with Crippen LogP contribution >= 0.6 is 0 Å². The van der Waals surface area contributed by atoms with E-state index in [9.17, 15) is 9.59 Å². The van der Waals surface area contributed by atoms with E-state index in [4.69, 9.17) is 10.5 Å². The number of methoxy groups -OCH3 is 1. The van der Waals surface area contributed by atoms with Crippen LogP contribution in [0.1, 0.15) is 31.7 Å². The molecule has 1 heterocycles. The van der Waals surface area contributed by atoms with Gasteiger partial charge in [-0.3, -0.25) is 9.59 Å². The summed E-state index contributed by atoms with van der Waals surface area (Å²) in [6.07, 6.45) is 2.75. The first-order chi connectivity index (χ1) is 10.5. The van der Waals surface area contributed by atoms with Crippen molar-refractivity contribution in [1.29, 1.82) is 0 Å². The van der Waals surface area contributed by atoms with Crippen LogP contribution in [0.25, 0.3) is 0 Å². The Kier molecular flexibility index (Phi) is 5.41. The van der Waals surface area contributed by atoms with Crippen LogP contribution in [0.2, 0.25) is 0 Å². The van der Waals surface area contributed by atoms with Gasteiger partial charge in [0.05, 0.1) is 13.0 Å². The number of hydrogen-bond acceptors (Lipinski definition) is 3. The summed E-state index contributed by atoms with van der Waals surface area (Å²) < 4.78 is 5.12. The number of nitrogens with two attached hydrogens (primary N) is 1. The zero-order valence-corrected chi connectivity index (χ0v) is 13.2. The molecule has 0 saturated carbocycles. The molecule has 5 heteroatoms. The number of amides is 2. The monoisotopic (exact) mass is 304 g/mol. The third kappa shape index (κ3) is 4.00. The number of piperidine rings is 1. The second kappa shape index (κ2) is 7.29. The van der Waals surface area contributed by atoms with E-state index in [0.717, 1.165) is 24.2 Å². The summed E-state index contributed by atoms with van der Waals surface area (Å²) in [7, 11) is 1.63. The van der Waals surface area contributed by atoms with E-state index in [-0.39, 0.29) is 23.8 Å². The zero-order valence-electron chi connectivity index (χ0n) is 13.2. The smallest absolute Gasteiger partial charge is 0.223 e. The van der Waals surface area contributed by atoms with Crippen molar-refractivity contribution >= 4 is 11.8 Å². The van der Waals surface area contributed by atoms with Gasteiger partial charge >= 0.3 is 0 Å². The normalized spacial score (nSPS) is 21.5. The quantitative estimate of drug-likeness (QED) is 0.900. The van der Waals surface area contributed by atoms with E-state index in [0.29, 0.717) is 19.4 Å². The first-order valence-electron chi connectivity index (χ1n) is 7.73. The SMILES string of the molecule is COc1ccc(CCC(=O)N2C[C@@H](C(N)=O)CC[C@H]2C)cc1. The third-order valence-corrected chi connectivity index (χ3v) is 4.39. The molecular weight excluding hydrogens is 280 g/mol. The van der Waals surface area contributed by atoms with Gasteiger partial charge in [0.2, 0.25) is 11.8 Å². The molecule has 5 nitrogen and oxygen atoms in total. The molecule has 0 radical (unpaired) electrons. The Balaban J connectivity index is 1.91. The maximum absolute atomic E-state index is 12.4. The van der Waals surface area contributed by atoms with Gasteiger partial charge in [-0.25, -0.2) is 0 Å². The maximum atomic E-state index is 12.4. The van der Waals surface area contributed by atoms with Gasteiger partial charge in [-0.1, -0.05) is 12.1 Å². The molecule has 0 aliphatic carbocycles. The number of likely N-dealkylation sites (tertiary alicyclic amines) is 1. The van der Waals surface area contributed by atoms with Crippen molar-refractivity contribution in [1.82, 2.24) is 4.90 Å². The predicted octanol–water partition coefficient (Wildman–Crippen LogP) is 1.74. The fraction of sp³-hybridized carbons (Fsp3) is 0.529. The molecule has 1 aliphatic rings. The molecule has 22 heavy (non-hydrogen) atoms. The molecule has 120 valence electrons. The number of ether oxygens (including phenoxy) is 1. The van der Waals surface area contributed by atoms with Crippen LogP contribution in [0.3, 0.4) is 0 Å². The van der Waals surface area contributed by atoms with Gasteiger partial charge in [-0.05, 0) is 43.9 Å². The number of benzene rings is 1. The molecule has 2 rings (SSSR count). The van der Waals surface area contributed by atoms with E-state index in [1.807, 2.05) is 36.1 Å². The molecule has 2 N–H and O–H groups in total. The van der Waals surface area contributed by atoms with E-state index in [1.54, 1.807) is 7.11 Å². The number of rotatable bonds is 5. The van der Waals surface area contributed by atoms with Gasteiger partial charge in [0.15, 0.2) is 0 Å². The topological polar surface area (TPSA) is 72.6 Å². The van der Waals surface area contributed by atoms with Crippen molar-refractivity contribution in [3.63, 3.8) is 0 Å². The molecule has 0 bridgehead atoms. The number of carbonyl (C=O) groups is 2. The minimum Gasteiger partial charge on any atom is -0.497 e. The molecule has 1 aliphatic heterocycles. The fourth-order valence-corrected chi connectivity index (χ4v) is 2.87. The summed E-state index contributed by atoms with van der Waals surface area (Å²) in [4.78, 5) is 25.6. The van der Waals surface area contributed by atoms with Gasteiger partial charge in [-0.15, -0.1) is 0 Å². The van der Waals surface area contributed by atoms with Gasteiger partial charge in [0, 0.05) is 19.0 Å². The van der Waals surface area contributed by atoms with Crippen molar-refractivity contribution in [2.24, 2.45) is 11.7 Å². The second-order valence-corrected chi connectivity index (χ2v) is 5.92. The van der Waals surface area contributed by atoms with E-state index >= 15 is 0 Å². The number of primary amides is 1. The molecule has 2 atom stereocenters. The summed E-state index contributed by atoms with van der Waals surface area (Å²) in [6.45, 7) is 2.49. The zero-order chi connectivity index (χ0) is 16.1. The molecule has 1 aromatic carbocycles. The average Bonchev–Trinajstić information content (AvgIpc) is 2.53. The van der Waals surface area contributed by atoms with Gasteiger partial charge in [-0.2, -0.15) is 0 Å². The van der Waals surface area contributed by atoms with Crippen molar-refractivity contribution in [2.45, 2.75) is 38.6 Å². The minimum atomic E-state index is -0.306. The fourth-order valence-electron chi connectivity index (χ4n) is 2.87. The summed E-state index contributed by atoms with van der Waals surface area (Å²) >= 11 is 0. The first-order valence-corrected chi connectivity index (χ1v) is 7.73. The van der Waals surface area contributed by atoms with E-state index < -0.39 is 0 Å². The number of carbonyl (C=O) groups excluding carboxylic acids is 2. The molecule has 1 fully saturated rings. The molecular formula is C17H24N2O3. The lowest BCUT2D eigenvalue weighted by atomic mass is 9.92. The maximum Gasteiger partial charge on any atom is 0.223 e. The highest BCUT2D eigenvalue weighted by Gasteiger charge is 2.31. The predicted molar refractivity (Wildman–Crippen MR) is 84.4 cm³/mol. The number of aryl methyl sites for hydroxylation is 1. The summed E-state index contributed by atoms with van der Waals surface area (Å²) in [5.41, 5.74) is 6.48. The molecule has 2 amide bonds. The van der Waals surface area contributed by atoms with E-state index in [2.05, 4.69) is 0 Å². The second-order valence-electron chi connectivity index (χ2n) is 5.92. The Bertz CT molecular complexity index is 527. The van der Waals surface area contributed by atoms with Crippen molar-refractivity contribution < 1.29 is 14.3 Å². The molecule has 1 saturated heterocycles.